The van der Waals surface area contributed by atoms with Gasteiger partial charge in [0, 0.05) is 11.4 Å². The molecule has 0 aliphatic carbocycles. The molecule has 1 heterocycles. The molecule has 0 saturated carbocycles. The summed E-state index contributed by atoms with van der Waals surface area (Å²) in [5, 5.41) is 1.70. The lowest BCUT2D eigenvalue weighted by molar-refractivity contribution is 0.0407. The van der Waals surface area contributed by atoms with E-state index >= 15 is 0 Å². The molecule has 0 N–H and O–H groups in total. The molecule has 2 aromatic carbocycles. The van der Waals surface area contributed by atoms with Crippen LogP contribution in [0.1, 0.15) is 24.5 Å². The fraction of sp³-hybridized carbons (Fsp3) is 0.263. The van der Waals surface area contributed by atoms with Crippen LogP contribution in [0.3, 0.4) is 0 Å². The lowest BCUT2D eigenvalue weighted by Crippen LogP contribution is -2.35. The van der Waals surface area contributed by atoms with E-state index in [-0.39, 0.29) is 6.61 Å². The maximum atomic E-state index is 12.1. The Morgan fingerprint density at radius 3 is 2.48 bits per heavy atom. The first kappa shape index (κ1) is 18.0. The van der Waals surface area contributed by atoms with Gasteiger partial charge in [0.2, 0.25) is 0 Å². The van der Waals surface area contributed by atoms with Gasteiger partial charge in [0.1, 0.15) is 18.0 Å². The molecule has 0 spiro atoms. The summed E-state index contributed by atoms with van der Waals surface area (Å²) in [6, 6.07) is 16.9. The average Bonchev–Trinajstić information content (AvgIpc) is 2.84. The van der Waals surface area contributed by atoms with Gasteiger partial charge in [0.25, 0.3) is 10.1 Å². The molecule has 2 aromatic rings. The van der Waals surface area contributed by atoms with Crippen LogP contribution in [0.4, 0.5) is 0 Å². The Balaban J connectivity index is 1.85. The molecule has 0 saturated heterocycles. The van der Waals surface area contributed by atoms with Gasteiger partial charge in [-0.05, 0) is 29.7 Å². The summed E-state index contributed by atoms with van der Waals surface area (Å²) in [6.07, 6.45) is 0.896. The van der Waals surface area contributed by atoms with Gasteiger partial charge in [-0.25, -0.2) is 0 Å². The summed E-state index contributed by atoms with van der Waals surface area (Å²) in [5.74, 6) is 0.332. The zero-order valence-corrected chi connectivity index (χ0v) is 15.4. The lowest BCUT2D eigenvalue weighted by Gasteiger charge is -2.28. The van der Waals surface area contributed by atoms with Crippen LogP contribution >= 0.6 is 11.6 Å². The SMILES string of the molecule is CCC1(Cc2ccccc2)OS(=O)(=O)C=C1OCc1cccc(Cl)c1. The number of benzene rings is 2. The van der Waals surface area contributed by atoms with Gasteiger partial charge in [0.05, 0.1) is 5.41 Å². The van der Waals surface area contributed by atoms with Gasteiger partial charge in [0.15, 0.2) is 0 Å². The van der Waals surface area contributed by atoms with Gasteiger partial charge < -0.3 is 4.74 Å². The predicted octanol–water partition coefficient (Wildman–Crippen LogP) is 4.45. The third-order valence-corrected chi connectivity index (χ3v) is 5.45. The first-order valence-electron chi connectivity index (χ1n) is 8.01. The number of ether oxygens (including phenoxy) is 1. The Bertz CT molecular complexity index is 877. The quantitative estimate of drug-likeness (QED) is 0.697. The largest absolute Gasteiger partial charge is 0.489 e. The molecule has 1 unspecified atom stereocenters. The molecule has 3 rings (SSSR count). The van der Waals surface area contributed by atoms with E-state index in [9.17, 15) is 8.42 Å². The fourth-order valence-corrected chi connectivity index (χ4v) is 4.39. The Hall–Kier alpha value is -1.82. The van der Waals surface area contributed by atoms with Gasteiger partial charge in [-0.2, -0.15) is 8.42 Å². The zero-order chi connectivity index (χ0) is 17.9. The normalized spacial score (nSPS) is 21.8. The van der Waals surface area contributed by atoms with Crippen molar-refractivity contribution >= 4 is 21.7 Å². The van der Waals surface area contributed by atoms with E-state index in [0.29, 0.717) is 23.6 Å². The third kappa shape index (κ3) is 4.24. The van der Waals surface area contributed by atoms with Crippen LogP contribution in [-0.4, -0.2) is 14.0 Å². The van der Waals surface area contributed by atoms with E-state index in [1.54, 1.807) is 12.1 Å². The van der Waals surface area contributed by atoms with Gasteiger partial charge in [-0.15, -0.1) is 0 Å². The highest BCUT2D eigenvalue weighted by molar-refractivity contribution is 7.90. The summed E-state index contributed by atoms with van der Waals surface area (Å²) in [5.41, 5.74) is 0.833. The zero-order valence-electron chi connectivity index (χ0n) is 13.8. The molecule has 0 amide bonds. The van der Waals surface area contributed by atoms with Crippen molar-refractivity contribution < 1.29 is 17.3 Å². The summed E-state index contributed by atoms with van der Waals surface area (Å²) < 4.78 is 35.4. The summed E-state index contributed by atoms with van der Waals surface area (Å²) >= 11 is 5.99. The van der Waals surface area contributed by atoms with Crippen molar-refractivity contribution in [2.45, 2.75) is 32.0 Å². The molecule has 1 aliphatic rings. The Kier molecular flexibility index (Phi) is 5.18. The van der Waals surface area contributed by atoms with Crippen molar-refractivity contribution in [1.82, 2.24) is 0 Å². The van der Waals surface area contributed by atoms with Gasteiger partial charge in [-0.1, -0.05) is 61.0 Å². The lowest BCUT2D eigenvalue weighted by atomic mass is 9.90. The van der Waals surface area contributed by atoms with Gasteiger partial charge >= 0.3 is 0 Å². The Labute approximate surface area is 153 Å². The van der Waals surface area contributed by atoms with Crippen LogP contribution < -0.4 is 0 Å². The molecule has 25 heavy (non-hydrogen) atoms. The molecule has 4 nitrogen and oxygen atoms in total. The maximum Gasteiger partial charge on any atom is 0.294 e. The smallest absolute Gasteiger partial charge is 0.294 e. The van der Waals surface area contributed by atoms with Crippen molar-refractivity contribution in [1.29, 1.82) is 0 Å². The monoisotopic (exact) mass is 378 g/mol. The molecule has 0 bridgehead atoms. The molecular formula is C19H19ClO4S. The molecule has 132 valence electrons. The molecule has 6 heteroatoms. The second-order valence-electron chi connectivity index (χ2n) is 5.99. The Morgan fingerprint density at radius 2 is 1.80 bits per heavy atom. The van der Waals surface area contributed by atoms with E-state index in [1.165, 1.54) is 0 Å². The van der Waals surface area contributed by atoms with E-state index in [1.807, 2.05) is 49.4 Å². The molecule has 0 radical (unpaired) electrons. The number of hydrogen-bond donors (Lipinski definition) is 0. The van der Waals surface area contributed by atoms with Crippen LogP contribution in [0.15, 0.2) is 65.8 Å². The third-order valence-electron chi connectivity index (χ3n) is 4.16. The van der Waals surface area contributed by atoms with Crippen molar-refractivity contribution in [2.75, 3.05) is 0 Å². The second-order valence-corrected chi connectivity index (χ2v) is 7.81. The van der Waals surface area contributed by atoms with E-state index in [0.717, 1.165) is 16.5 Å². The summed E-state index contributed by atoms with van der Waals surface area (Å²) in [7, 11) is -3.76. The summed E-state index contributed by atoms with van der Waals surface area (Å²) in [6.45, 7) is 2.11. The van der Waals surface area contributed by atoms with Crippen molar-refractivity contribution in [2.24, 2.45) is 0 Å². The molecule has 0 fully saturated rings. The number of rotatable bonds is 6. The molecule has 1 aliphatic heterocycles. The first-order valence-corrected chi connectivity index (χ1v) is 9.86. The molecule has 1 atom stereocenters. The van der Waals surface area contributed by atoms with Crippen LogP contribution in [-0.2, 0) is 32.1 Å². The number of halogens is 1. The van der Waals surface area contributed by atoms with E-state index in [4.69, 9.17) is 20.5 Å². The minimum atomic E-state index is -3.76. The van der Waals surface area contributed by atoms with Crippen LogP contribution in [0.5, 0.6) is 0 Å². The van der Waals surface area contributed by atoms with Crippen LogP contribution in [0.25, 0.3) is 0 Å². The van der Waals surface area contributed by atoms with Gasteiger partial charge in [-0.3, -0.25) is 4.18 Å². The number of hydrogen-bond acceptors (Lipinski definition) is 4. The second kappa shape index (κ2) is 7.20. The standard InChI is InChI=1S/C19H19ClO4S/c1-2-19(12-15-7-4-3-5-8-15)18(14-25(21,22)24-19)23-13-16-9-6-10-17(20)11-16/h3-11,14H,2,12-13H2,1H3. The first-order chi connectivity index (χ1) is 11.9. The topological polar surface area (TPSA) is 52.6 Å². The maximum absolute atomic E-state index is 12.1. The van der Waals surface area contributed by atoms with E-state index in [2.05, 4.69) is 0 Å². The van der Waals surface area contributed by atoms with Crippen molar-refractivity contribution in [3.63, 3.8) is 0 Å². The van der Waals surface area contributed by atoms with Crippen LogP contribution in [0.2, 0.25) is 5.02 Å². The highest BCUT2D eigenvalue weighted by Gasteiger charge is 2.46. The molecule has 0 aromatic heterocycles. The van der Waals surface area contributed by atoms with Crippen molar-refractivity contribution in [3.8, 4) is 0 Å². The highest BCUT2D eigenvalue weighted by Crippen LogP contribution is 2.39. The van der Waals surface area contributed by atoms with Crippen LogP contribution in [0, 0.1) is 0 Å². The molecular weight excluding hydrogens is 360 g/mol. The predicted molar refractivity (Wildman–Crippen MR) is 97.5 cm³/mol. The van der Waals surface area contributed by atoms with E-state index < -0.39 is 15.7 Å². The minimum absolute atomic E-state index is 0.224. The summed E-state index contributed by atoms with van der Waals surface area (Å²) in [4.78, 5) is 0. The highest BCUT2D eigenvalue weighted by atomic mass is 35.5. The van der Waals surface area contributed by atoms with Crippen molar-refractivity contribution in [3.05, 3.63) is 81.9 Å². The Morgan fingerprint density at radius 1 is 1.08 bits per heavy atom. The fourth-order valence-electron chi connectivity index (χ4n) is 2.88. The minimum Gasteiger partial charge on any atom is -0.489 e. The average molecular weight is 379 g/mol.